The number of nitrogens with one attached hydrogen (secondary N) is 3. The van der Waals surface area contributed by atoms with E-state index in [9.17, 15) is 19.7 Å². The molecule has 2 amide bonds. The quantitative estimate of drug-likeness (QED) is 0.352. The lowest BCUT2D eigenvalue weighted by Gasteiger charge is -2.10. The highest BCUT2D eigenvalue weighted by atomic mass is 16.6. The Morgan fingerprint density at radius 2 is 1.73 bits per heavy atom. The second-order valence-electron chi connectivity index (χ2n) is 7.22. The van der Waals surface area contributed by atoms with E-state index in [4.69, 9.17) is 4.74 Å². The van der Waals surface area contributed by atoms with Gasteiger partial charge in [0.05, 0.1) is 25.1 Å². The monoisotopic (exact) mass is 452 g/mol. The first-order valence-corrected chi connectivity index (χ1v) is 10.0. The fourth-order valence-corrected chi connectivity index (χ4v) is 3.17. The van der Waals surface area contributed by atoms with Crippen molar-refractivity contribution in [1.29, 1.82) is 0 Å². The zero-order valence-electron chi connectivity index (χ0n) is 18.4. The maximum Gasteiger partial charge on any atom is 0.312 e. The minimum absolute atomic E-state index is 0.00298. The Morgan fingerprint density at radius 3 is 2.30 bits per heavy atom. The van der Waals surface area contributed by atoms with Gasteiger partial charge in [0.25, 0.3) is 11.8 Å². The van der Waals surface area contributed by atoms with E-state index in [-0.39, 0.29) is 12.2 Å². The molecule has 172 valence electrons. The molecule has 0 aliphatic rings. The Bertz CT molecular complexity index is 1160. The Morgan fingerprint density at radius 1 is 1.06 bits per heavy atom. The number of carbonyl (C=O) groups is 2. The highest BCUT2D eigenvalue weighted by molar-refractivity contribution is 5.95. The molecule has 0 saturated heterocycles. The van der Waals surface area contributed by atoms with Crippen molar-refractivity contribution < 1.29 is 19.2 Å². The van der Waals surface area contributed by atoms with Gasteiger partial charge in [-0.3, -0.25) is 35.2 Å². The van der Waals surface area contributed by atoms with Crippen LogP contribution in [0, 0.1) is 24.0 Å². The number of ether oxygens (including phenoxy) is 1. The van der Waals surface area contributed by atoms with Crippen LogP contribution in [0.3, 0.4) is 0 Å². The minimum Gasteiger partial charge on any atom is -0.497 e. The molecule has 0 aliphatic heterocycles. The van der Waals surface area contributed by atoms with Gasteiger partial charge in [0, 0.05) is 11.3 Å². The first-order chi connectivity index (χ1) is 15.8. The van der Waals surface area contributed by atoms with Gasteiger partial charge in [-0.25, -0.2) is 0 Å². The summed E-state index contributed by atoms with van der Waals surface area (Å²) in [6.45, 7) is 3.54. The summed E-state index contributed by atoms with van der Waals surface area (Å²) in [5.41, 5.74) is 7.44. The molecule has 3 N–H and O–H groups in total. The molecular weight excluding hydrogens is 428 g/mol. The number of carbonyl (C=O) groups excluding carboxylic acids is 2. The van der Waals surface area contributed by atoms with Crippen molar-refractivity contribution in [1.82, 2.24) is 20.6 Å². The van der Waals surface area contributed by atoms with Crippen LogP contribution in [0.2, 0.25) is 0 Å². The molecule has 33 heavy (non-hydrogen) atoms. The molecule has 0 saturated carbocycles. The molecule has 11 nitrogen and oxygen atoms in total. The summed E-state index contributed by atoms with van der Waals surface area (Å²) in [6, 6.07) is 13.7. The summed E-state index contributed by atoms with van der Waals surface area (Å²) in [5.74, 6) is -0.178. The molecule has 0 bridgehead atoms. The number of nitro groups is 1. The van der Waals surface area contributed by atoms with Crippen LogP contribution in [-0.4, -0.2) is 40.2 Å². The van der Waals surface area contributed by atoms with Crippen molar-refractivity contribution in [3.8, 4) is 5.75 Å². The molecule has 0 radical (unpaired) electrons. The highest BCUT2D eigenvalue weighted by Crippen LogP contribution is 2.22. The van der Waals surface area contributed by atoms with E-state index in [2.05, 4.69) is 21.3 Å². The average molecular weight is 452 g/mol. The summed E-state index contributed by atoms with van der Waals surface area (Å²) in [7, 11) is 1.57. The van der Waals surface area contributed by atoms with E-state index in [1.807, 2.05) is 0 Å². The topological polar surface area (TPSA) is 140 Å². The normalized spacial score (nSPS) is 10.4. The number of nitrogens with zero attached hydrogens (tertiary/aromatic N) is 3. The van der Waals surface area contributed by atoms with Crippen molar-refractivity contribution in [2.24, 2.45) is 0 Å². The maximum absolute atomic E-state index is 12.3. The van der Waals surface area contributed by atoms with Crippen molar-refractivity contribution in [3.05, 3.63) is 81.2 Å². The Labute approximate surface area is 189 Å². The van der Waals surface area contributed by atoms with Crippen LogP contribution in [0.25, 0.3) is 0 Å². The van der Waals surface area contributed by atoms with Crippen LogP contribution in [-0.2, 0) is 11.3 Å². The third kappa shape index (κ3) is 5.85. The van der Waals surface area contributed by atoms with Gasteiger partial charge in [-0.15, -0.1) is 0 Å². The molecule has 11 heteroatoms. The molecule has 0 aliphatic carbocycles. The molecular formula is C22H24N6O5. The van der Waals surface area contributed by atoms with Crippen molar-refractivity contribution in [3.63, 3.8) is 0 Å². The molecule has 0 fully saturated rings. The van der Waals surface area contributed by atoms with Gasteiger partial charge in [-0.05, 0) is 55.8 Å². The number of hydrazine groups is 1. The molecule has 3 aromatic rings. The van der Waals surface area contributed by atoms with Gasteiger partial charge < -0.3 is 10.1 Å². The first-order valence-electron chi connectivity index (χ1n) is 10.0. The summed E-state index contributed by atoms with van der Waals surface area (Å²) in [6.07, 6.45) is 0. The van der Waals surface area contributed by atoms with Crippen LogP contribution in [0.1, 0.15) is 27.3 Å². The highest BCUT2D eigenvalue weighted by Gasteiger charge is 2.21. The molecule has 1 aromatic heterocycles. The van der Waals surface area contributed by atoms with Gasteiger partial charge in [0.1, 0.15) is 17.1 Å². The zero-order chi connectivity index (χ0) is 24.0. The zero-order valence-corrected chi connectivity index (χ0v) is 18.4. The number of anilines is 1. The number of rotatable bonds is 8. The summed E-state index contributed by atoms with van der Waals surface area (Å²) >= 11 is 0. The van der Waals surface area contributed by atoms with Gasteiger partial charge >= 0.3 is 5.69 Å². The van der Waals surface area contributed by atoms with Gasteiger partial charge in [0.2, 0.25) is 0 Å². The molecule has 0 atom stereocenters. The SMILES string of the molecule is COc1ccc(NCC(=O)NNC(=O)c2ccc(Cn3nc(C)c([N+](=O)[O-])c3C)cc2)cc1. The number of benzene rings is 2. The lowest BCUT2D eigenvalue weighted by Crippen LogP contribution is -2.44. The predicted octanol–water partition coefficient (Wildman–Crippen LogP) is 2.34. The summed E-state index contributed by atoms with van der Waals surface area (Å²) in [4.78, 5) is 35.0. The minimum atomic E-state index is -0.471. The Balaban J connectivity index is 1.50. The van der Waals surface area contributed by atoms with Crippen LogP contribution in [0.5, 0.6) is 5.75 Å². The van der Waals surface area contributed by atoms with Crippen LogP contribution in [0.15, 0.2) is 48.5 Å². The van der Waals surface area contributed by atoms with Crippen LogP contribution in [0.4, 0.5) is 11.4 Å². The van der Waals surface area contributed by atoms with Crippen molar-refractivity contribution >= 4 is 23.2 Å². The lowest BCUT2D eigenvalue weighted by atomic mass is 10.1. The van der Waals surface area contributed by atoms with Gasteiger partial charge in [-0.1, -0.05) is 12.1 Å². The largest absolute Gasteiger partial charge is 0.497 e. The number of methoxy groups -OCH3 is 1. The Hall–Kier alpha value is -4.41. The lowest BCUT2D eigenvalue weighted by molar-refractivity contribution is -0.386. The smallest absolute Gasteiger partial charge is 0.312 e. The van der Waals surface area contributed by atoms with E-state index in [1.165, 1.54) is 0 Å². The van der Waals surface area contributed by atoms with E-state index < -0.39 is 16.7 Å². The molecule has 0 spiro atoms. The number of aryl methyl sites for hydroxylation is 1. The average Bonchev–Trinajstić information content (AvgIpc) is 3.09. The van der Waals surface area contributed by atoms with Gasteiger partial charge in [-0.2, -0.15) is 5.10 Å². The van der Waals surface area contributed by atoms with Crippen molar-refractivity contribution in [2.75, 3.05) is 19.0 Å². The van der Waals surface area contributed by atoms with Crippen molar-refractivity contribution in [2.45, 2.75) is 20.4 Å². The summed E-state index contributed by atoms with van der Waals surface area (Å²) in [5, 5.41) is 18.3. The third-order valence-electron chi connectivity index (χ3n) is 4.93. The predicted molar refractivity (Wildman–Crippen MR) is 121 cm³/mol. The van der Waals surface area contributed by atoms with Crippen LogP contribution >= 0.6 is 0 Å². The second kappa shape index (κ2) is 10.3. The Kier molecular flexibility index (Phi) is 7.24. The van der Waals surface area contributed by atoms with Gasteiger partial charge in [0.15, 0.2) is 0 Å². The number of hydrogen-bond donors (Lipinski definition) is 3. The number of hydrogen-bond acceptors (Lipinski definition) is 7. The summed E-state index contributed by atoms with van der Waals surface area (Å²) < 4.78 is 6.63. The molecule has 1 heterocycles. The van der Waals surface area contributed by atoms with E-state index in [0.717, 1.165) is 11.3 Å². The molecule has 2 aromatic carbocycles. The maximum atomic E-state index is 12.3. The third-order valence-corrected chi connectivity index (χ3v) is 4.93. The fourth-order valence-electron chi connectivity index (χ4n) is 3.17. The first kappa shape index (κ1) is 23.3. The molecule has 3 rings (SSSR count). The van der Waals surface area contributed by atoms with Crippen LogP contribution < -0.4 is 20.9 Å². The number of amides is 2. The molecule has 0 unspecified atom stereocenters. The van der Waals surface area contributed by atoms with E-state index >= 15 is 0 Å². The standard InChI is InChI=1S/C22H24N6O5/c1-14-21(28(31)32)15(2)27(26-14)13-16-4-6-17(7-5-16)22(30)25-24-20(29)12-23-18-8-10-19(33-3)11-9-18/h4-11,23H,12-13H2,1-3H3,(H,24,29)(H,25,30). The van der Waals surface area contributed by atoms with E-state index in [1.54, 1.807) is 74.2 Å². The second-order valence-corrected chi connectivity index (χ2v) is 7.22. The van der Waals surface area contributed by atoms with E-state index in [0.29, 0.717) is 29.2 Å². The fraction of sp³-hybridized carbons (Fsp3) is 0.227. The number of aromatic nitrogens is 2.